The van der Waals surface area contributed by atoms with Crippen molar-refractivity contribution in [3.63, 3.8) is 0 Å². The third-order valence-electron chi connectivity index (χ3n) is 6.26. The third-order valence-corrected chi connectivity index (χ3v) is 6.26. The van der Waals surface area contributed by atoms with Crippen LogP contribution in [0, 0.1) is 27.4 Å². The molecule has 3 saturated heterocycles. The van der Waals surface area contributed by atoms with Gasteiger partial charge in [0, 0.05) is 12.6 Å². The number of rotatable bonds is 4. The molecule has 5 rings (SSSR count). The first-order valence-corrected chi connectivity index (χ1v) is 8.78. The lowest BCUT2D eigenvalue weighted by Gasteiger charge is -2.55. The molecule has 3 aliphatic heterocycles. The largest absolute Gasteiger partial charge is 0.426 e. The van der Waals surface area contributed by atoms with Gasteiger partial charge in [-0.2, -0.15) is 0 Å². The summed E-state index contributed by atoms with van der Waals surface area (Å²) in [5.74, 6) is 1.09. The third kappa shape index (κ3) is 2.49. The van der Waals surface area contributed by atoms with Gasteiger partial charge in [0.05, 0.1) is 16.4 Å². The van der Waals surface area contributed by atoms with E-state index in [1.54, 1.807) is 12.1 Å². The number of esters is 1. The number of nitro benzene ring substituents is 1. The Labute approximate surface area is 140 Å². The van der Waals surface area contributed by atoms with Crippen molar-refractivity contribution in [3.05, 3.63) is 34.4 Å². The second kappa shape index (κ2) is 5.84. The van der Waals surface area contributed by atoms with E-state index in [0.29, 0.717) is 11.8 Å². The predicted octanol–water partition coefficient (Wildman–Crippen LogP) is 3.01. The molecule has 3 heterocycles. The highest BCUT2D eigenvalue weighted by atomic mass is 16.6. The van der Waals surface area contributed by atoms with Crippen molar-refractivity contribution in [2.24, 2.45) is 17.3 Å². The highest BCUT2D eigenvalue weighted by molar-refractivity contribution is 5.81. The summed E-state index contributed by atoms with van der Waals surface area (Å²) in [6.07, 6.45) is 5.19. The van der Waals surface area contributed by atoms with E-state index in [1.807, 2.05) is 0 Å². The Kier molecular flexibility index (Phi) is 3.79. The normalized spacial score (nSPS) is 30.4. The molecule has 2 bridgehead atoms. The zero-order valence-corrected chi connectivity index (χ0v) is 13.6. The molecule has 6 nitrogen and oxygen atoms in total. The van der Waals surface area contributed by atoms with Gasteiger partial charge in [0.15, 0.2) is 0 Å². The lowest BCUT2D eigenvalue weighted by atomic mass is 9.55. The fourth-order valence-corrected chi connectivity index (χ4v) is 4.74. The van der Waals surface area contributed by atoms with Crippen LogP contribution >= 0.6 is 0 Å². The van der Waals surface area contributed by atoms with Crippen molar-refractivity contribution in [3.8, 4) is 5.75 Å². The van der Waals surface area contributed by atoms with E-state index in [-0.39, 0.29) is 22.8 Å². The van der Waals surface area contributed by atoms with Gasteiger partial charge >= 0.3 is 5.97 Å². The van der Waals surface area contributed by atoms with E-state index in [1.165, 1.54) is 25.0 Å². The number of hydrogen-bond donors (Lipinski definition) is 0. The van der Waals surface area contributed by atoms with Crippen LogP contribution in [0.4, 0.5) is 5.69 Å². The van der Waals surface area contributed by atoms with Gasteiger partial charge in [0.25, 0.3) is 5.69 Å². The number of carbonyl (C=O) groups is 1. The summed E-state index contributed by atoms with van der Waals surface area (Å²) in [6, 6.07) is 5.92. The number of hydrogen-bond acceptors (Lipinski definition) is 5. The molecule has 0 aromatic heterocycles. The van der Waals surface area contributed by atoms with Crippen molar-refractivity contribution < 1.29 is 14.5 Å². The topological polar surface area (TPSA) is 72.7 Å². The summed E-state index contributed by atoms with van der Waals surface area (Å²) in [7, 11) is 0. The SMILES string of the molecule is O=C(Oc1cccc([N+](=O)[O-])c1)C1(C2CN3CCC2CC3)CCC1. The molecule has 6 heteroatoms. The minimum absolute atomic E-state index is 0.0502. The summed E-state index contributed by atoms with van der Waals surface area (Å²) in [5, 5.41) is 10.9. The van der Waals surface area contributed by atoms with Crippen molar-refractivity contribution in [1.82, 2.24) is 4.90 Å². The van der Waals surface area contributed by atoms with Crippen molar-refractivity contribution in [1.29, 1.82) is 0 Å². The van der Waals surface area contributed by atoms with E-state index in [4.69, 9.17) is 4.74 Å². The number of piperidine rings is 3. The first-order valence-electron chi connectivity index (χ1n) is 8.78. The minimum Gasteiger partial charge on any atom is -0.426 e. The molecule has 4 aliphatic rings. The molecular formula is C18H22N2O4. The molecule has 0 spiro atoms. The van der Waals surface area contributed by atoms with Gasteiger partial charge < -0.3 is 9.64 Å². The first kappa shape index (κ1) is 15.6. The van der Waals surface area contributed by atoms with Crippen molar-refractivity contribution in [2.75, 3.05) is 19.6 Å². The number of carbonyl (C=O) groups excluding carboxylic acids is 1. The summed E-state index contributed by atoms with van der Waals surface area (Å²) >= 11 is 0. The number of nitro groups is 1. The molecule has 24 heavy (non-hydrogen) atoms. The minimum atomic E-state index is -0.468. The van der Waals surface area contributed by atoms with Crippen LogP contribution in [0.15, 0.2) is 24.3 Å². The fraction of sp³-hybridized carbons (Fsp3) is 0.611. The highest BCUT2D eigenvalue weighted by Gasteiger charge is 2.56. The Morgan fingerprint density at radius 1 is 1.29 bits per heavy atom. The Bertz CT molecular complexity index is 663. The van der Waals surface area contributed by atoms with Gasteiger partial charge in [0.1, 0.15) is 5.75 Å². The maximum absolute atomic E-state index is 13.0. The van der Waals surface area contributed by atoms with Crippen molar-refractivity contribution >= 4 is 11.7 Å². The van der Waals surface area contributed by atoms with Crippen LogP contribution in [-0.2, 0) is 4.79 Å². The molecule has 0 radical (unpaired) electrons. The molecule has 1 aromatic carbocycles. The molecule has 128 valence electrons. The van der Waals surface area contributed by atoms with Crippen LogP contribution in [0.25, 0.3) is 0 Å². The zero-order chi connectivity index (χ0) is 16.7. The summed E-state index contributed by atoms with van der Waals surface area (Å²) in [6.45, 7) is 3.29. The number of nitrogens with zero attached hydrogens (tertiary/aromatic N) is 2. The van der Waals surface area contributed by atoms with Gasteiger partial charge in [0.2, 0.25) is 0 Å². The number of benzene rings is 1. The predicted molar refractivity (Wildman–Crippen MR) is 87.7 cm³/mol. The Balaban J connectivity index is 1.54. The van der Waals surface area contributed by atoms with E-state index in [9.17, 15) is 14.9 Å². The number of ether oxygens (including phenoxy) is 1. The Morgan fingerprint density at radius 2 is 2.04 bits per heavy atom. The van der Waals surface area contributed by atoms with E-state index < -0.39 is 4.92 Å². The summed E-state index contributed by atoms with van der Waals surface area (Å²) in [4.78, 5) is 25.9. The molecule has 1 aliphatic carbocycles. The highest BCUT2D eigenvalue weighted by Crippen LogP contribution is 2.54. The molecule has 1 unspecified atom stereocenters. The standard InChI is InChI=1S/C18H22N2O4/c21-17(24-15-4-1-3-14(11-15)20(22)23)18(7-2-8-18)16-12-19-9-5-13(16)6-10-19/h1,3-4,11,13,16H,2,5-10,12H2. The molecular weight excluding hydrogens is 308 g/mol. The van der Waals surface area contributed by atoms with E-state index >= 15 is 0 Å². The second-order valence-electron chi connectivity index (χ2n) is 7.40. The van der Waals surface area contributed by atoms with Crippen LogP contribution in [0.5, 0.6) is 5.75 Å². The second-order valence-corrected chi connectivity index (χ2v) is 7.40. The molecule has 0 amide bonds. The molecule has 1 atom stereocenters. The summed E-state index contributed by atoms with van der Waals surface area (Å²) < 4.78 is 5.61. The molecule has 1 aromatic rings. The van der Waals surface area contributed by atoms with Crippen LogP contribution in [0.2, 0.25) is 0 Å². The number of fused-ring (bicyclic) bond motifs is 3. The van der Waals surface area contributed by atoms with Crippen LogP contribution in [0.3, 0.4) is 0 Å². The van der Waals surface area contributed by atoms with Gasteiger partial charge in [-0.3, -0.25) is 14.9 Å². The average Bonchev–Trinajstić information content (AvgIpc) is 2.55. The van der Waals surface area contributed by atoms with Crippen LogP contribution in [-0.4, -0.2) is 35.4 Å². The first-order chi connectivity index (χ1) is 11.6. The molecule has 4 fully saturated rings. The average molecular weight is 330 g/mol. The van der Waals surface area contributed by atoms with Gasteiger partial charge in [-0.25, -0.2) is 0 Å². The summed E-state index contributed by atoms with van der Waals surface area (Å²) in [5.41, 5.74) is -0.431. The fourth-order valence-electron chi connectivity index (χ4n) is 4.74. The Hall–Kier alpha value is -1.95. The smallest absolute Gasteiger partial charge is 0.317 e. The zero-order valence-electron chi connectivity index (χ0n) is 13.6. The Morgan fingerprint density at radius 3 is 2.58 bits per heavy atom. The lowest BCUT2D eigenvalue weighted by Crippen LogP contribution is -2.58. The maximum Gasteiger partial charge on any atom is 0.317 e. The van der Waals surface area contributed by atoms with Crippen LogP contribution in [0.1, 0.15) is 32.1 Å². The van der Waals surface area contributed by atoms with E-state index in [2.05, 4.69) is 4.90 Å². The van der Waals surface area contributed by atoms with Gasteiger partial charge in [-0.1, -0.05) is 12.5 Å². The van der Waals surface area contributed by atoms with Crippen molar-refractivity contribution in [2.45, 2.75) is 32.1 Å². The van der Waals surface area contributed by atoms with Gasteiger partial charge in [-0.15, -0.1) is 0 Å². The van der Waals surface area contributed by atoms with Crippen LogP contribution < -0.4 is 4.74 Å². The maximum atomic E-state index is 13.0. The quantitative estimate of drug-likeness (QED) is 0.367. The number of non-ortho nitro benzene ring substituents is 1. The molecule has 1 saturated carbocycles. The van der Waals surface area contributed by atoms with E-state index in [0.717, 1.165) is 38.9 Å². The monoisotopic (exact) mass is 330 g/mol. The molecule has 0 N–H and O–H groups in total. The van der Waals surface area contributed by atoms with Gasteiger partial charge in [-0.05, 0) is 56.7 Å². The lowest BCUT2D eigenvalue weighted by molar-refractivity contribution is -0.384.